The Morgan fingerprint density at radius 3 is 2.41 bits per heavy atom. The Morgan fingerprint density at radius 1 is 1.09 bits per heavy atom. The molecule has 3 heteroatoms. The fourth-order valence-electron chi connectivity index (χ4n) is 9.49. The number of aliphatic hydroxyl groups is 2. The Bertz CT molecular complexity index is 813. The van der Waals surface area contributed by atoms with Crippen LogP contribution in [0.1, 0.15) is 119 Å². The summed E-state index contributed by atoms with van der Waals surface area (Å²) in [6.45, 7) is 15.5. The summed E-state index contributed by atoms with van der Waals surface area (Å²) in [5.41, 5.74) is 2.75. The van der Waals surface area contributed by atoms with E-state index in [1.165, 1.54) is 64.7 Å². The Kier molecular flexibility index (Phi) is 7.00. The molecule has 0 saturated heterocycles. The average Bonchev–Trinajstić information content (AvgIpc) is 3.08. The van der Waals surface area contributed by atoms with E-state index in [0.29, 0.717) is 16.7 Å². The number of hydrogen-bond donors (Lipinski definition) is 2. The molecule has 9 atom stereocenters. The third kappa shape index (κ3) is 3.96. The molecule has 194 valence electrons. The summed E-state index contributed by atoms with van der Waals surface area (Å²) in [6.07, 6.45) is 15.7. The predicted molar refractivity (Wildman–Crippen MR) is 139 cm³/mol. The lowest BCUT2D eigenvalue weighted by atomic mass is 9.44. The minimum absolute atomic E-state index is 0.152. The number of hydrogen-bond acceptors (Lipinski definition) is 3. The molecule has 4 aliphatic rings. The van der Waals surface area contributed by atoms with Gasteiger partial charge in [0.05, 0.1) is 5.92 Å². The minimum Gasteiger partial charge on any atom is -0.365 e. The molecule has 0 amide bonds. The zero-order chi connectivity index (χ0) is 25.1. The van der Waals surface area contributed by atoms with Gasteiger partial charge in [0.2, 0.25) is 0 Å². The zero-order valence-corrected chi connectivity index (χ0v) is 23.1. The smallest absolute Gasteiger partial charge is 0.172 e. The number of fused-ring (bicyclic) bond motifs is 5. The van der Waals surface area contributed by atoms with Crippen molar-refractivity contribution in [2.75, 3.05) is 0 Å². The van der Waals surface area contributed by atoms with Gasteiger partial charge in [-0.15, -0.1) is 0 Å². The fourth-order valence-corrected chi connectivity index (χ4v) is 9.49. The molecule has 0 bridgehead atoms. The maximum atomic E-state index is 11.8. The number of carbonyl (C=O) groups is 1. The van der Waals surface area contributed by atoms with E-state index < -0.39 is 11.7 Å². The van der Waals surface area contributed by atoms with Gasteiger partial charge in [-0.25, -0.2) is 0 Å². The second-order valence-corrected chi connectivity index (χ2v) is 13.8. The van der Waals surface area contributed by atoms with Crippen molar-refractivity contribution in [2.24, 2.45) is 51.8 Å². The molecular weight excluding hydrogens is 420 g/mol. The van der Waals surface area contributed by atoms with E-state index in [1.54, 1.807) is 12.5 Å². The summed E-state index contributed by atoms with van der Waals surface area (Å²) in [5.74, 6) is 0.957. The van der Waals surface area contributed by atoms with E-state index in [1.807, 2.05) is 0 Å². The van der Waals surface area contributed by atoms with Gasteiger partial charge in [-0.3, -0.25) is 4.79 Å². The van der Waals surface area contributed by atoms with E-state index in [4.69, 9.17) is 0 Å². The number of carbonyl (C=O) groups excluding carboxylic acids is 1. The first-order valence-electron chi connectivity index (χ1n) is 14.4. The SMILES string of the molecule is CC[C@H]1CC[C@@]2(C)C(=CC[C@@H]3[C@@H]2CC[C@@]2(C)[C@H]3CC[C@]2(C)[C@H](C)CCC(O)(O)C(C)C(C)=O)C1. The van der Waals surface area contributed by atoms with Crippen LogP contribution in [0.4, 0.5) is 0 Å². The van der Waals surface area contributed by atoms with Crippen LogP contribution in [0.5, 0.6) is 0 Å². The molecule has 0 heterocycles. The van der Waals surface area contributed by atoms with Crippen molar-refractivity contribution >= 4 is 5.78 Å². The summed E-state index contributed by atoms with van der Waals surface area (Å²) in [7, 11) is 0. The number of Topliss-reactive ketones (excluding diaryl/α,β-unsaturated/α-hetero) is 1. The van der Waals surface area contributed by atoms with Gasteiger partial charge in [-0.05, 0) is 111 Å². The van der Waals surface area contributed by atoms with Crippen molar-refractivity contribution < 1.29 is 15.0 Å². The van der Waals surface area contributed by atoms with Crippen LogP contribution in [-0.4, -0.2) is 21.8 Å². The van der Waals surface area contributed by atoms with Crippen LogP contribution in [0.3, 0.4) is 0 Å². The molecular formula is C31H52O3. The first-order valence-corrected chi connectivity index (χ1v) is 14.4. The Labute approximate surface area is 209 Å². The monoisotopic (exact) mass is 472 g/mol. The summed E-state index contributed by atoms with van der Waals surface area (Å²) in [4.78, 5) is 11.8. The molecule has 1 unspecified atom stereocenters. The van der Waals surface area contributed by atoms with Crippen LogP contribution < -0.4 is 0 Å². The largest absolute Gasteiger partial charge is 0.365 e. The van der Waals surface area contributed by atoms with Gasteiger partial charge in [-0.2, -0.15) is 0 Å². The van der Waals surface area contributed by atoms with Crippen molar-refractivity contribution in [3.63, 3.8) is 0 Å². The maximum absolute atomic E-state index is 11.8. The minimum atomic E-state index is -1.90. The zero-order valence-electron chi connectivity index (χ0n) is 23.1. The van der Waals surface area contributed by atoms with Crippen molar-refractivity contribution in [1.82, 2.24) is 0 Å². The second-order valence-electron chi connectivity index (χ2n) is 13.8. The van der Waals surface area contributed by atoms with E-state index in [-0.39, 0.29) is 17.6 Å². The number of allylic oxidation sites excluding steroid dienone is 2. The van der Waals surface area contributed by atoms with Gasteiger partial charge in [-0.1, -0.05) is 59.6 Å². The third-order valence-electron chi connectivity index (χ3n) is 12.8. The van der Waals surface area contributed by atoms with E-state index >= 15 is 0 Å². The fraction of sp³-hybridized carbons (Fsp3) is 0.903. The van der Waals surface area contributed by atoms with Crippen LogP contribution in [-0.2, 0) is 4.79 Å². The van der Waals surface area contributed by atoms with Crippen LogP contribution in [0, 0.1) is 51.8 Å². The van der Waals surface area contributed by atoms with E-state index in [9.17, 15) is 15.0 Å². The van der Waals surface area contributed by atoms with Gasteiger partial charge >= 0.3 is 0 Å². The lowest BCUT2D eigenvalue weighted by Gasteiger charge is -2.60. The number of ketones is 1. The molecule has 0 aromatic heterocycles. The molecule has 0 aromatic rings. The average molecular weight is 473 g/mol. The molecule has 4 rings (SSSR count). The highest BCUT2D eigenvalue weighted by Crippen LogP contribution is 2.71. The van der Waals surface area contributed by atoms with E-state index in [0.717, 1.165) is 30.1 Å². The maximum Gasteiger partial charge on any atom is 0.172 e. The topological polar surface area (TPSA) is 57.5 Å². The van der Waals surface area contributed by atoms with Crippen LogP contribution in [0.25, 0.3) is 0 Å². The lowest BCUT2D eigenvalue weighted by Crippen LogP contribution is -2.53. The Hall–Kier alpha value is -0.670. The number of rotatable bonds is 7. The molecule has 3 saturated carbocycles. The second kappa shape index (κ2) is 9.02. The van der Waals surface area contributed by atoms with Crippen molar-refractivity contribution in [3.8, 4) is 0 Å². The van der Waals surface area contributed by atoms with Gasteiger partial charge in [0.1, 0.15) is 5.78 Å². The van der Waals surface area contributed by atoms with Crippen molar-refractivity contribution in [1.29, 1.82) is 0 Å². The van der Waals surface area contributed by atoms with Crippen LogP contribution in [0.15, 0.2) is 11.6 Å². The molecule has 0 spiro atoms. The van der Waals surface area contributed by atoms with Gasteiger partial charge in [0, 0.05) is 6.42 Å². The highest BCUT2D eigenvalue weighted by molar-refractivity contribution is 5.78. The first-order chi connectivity index (χ1) is 15.8. The summed E-state index contributed by atoms with van der Waals surface area (Å²) in [6, 6.07) is 0. The third-order valence-corrected chi connectivity index (χ3v) is 12.8. The van der Waals surface area contributed by atoms with Gasteiger partial charge < -0.3 is 10.2 Å². The molecule has 0 aromatic carbocycles. The predicted octanol–water partition coefficient (Wildman–Crippen LogP) is 7.30. The van der Waals surface area contributed by atoms with E-state index in [2.05, 4.69) is 40.7 Å². The Balaban J connectivity index is 1.51. The molecule has 34 heavy (non-hydrogen) atoms. The Morgan fingerprint density at radius 2 is 1.76 bits per heavy atom. The van der Waals surface area contributed by atoms with Crippen molar-refractivity contribution in [3.05, 3.63) is 11.6 Å². The van der Waals surface area contributed by atoms with Crippen LogP contribution >= 0.6 is 0 Å². The van der Waals surface area contributed by atoms with Gasteiger partial charge in [0.15, 0.2) is 5.79 Å². The normalized spacial score (nSPS) is 43.9. The molecule has 0 radical (unpaired) electrons. The quantitative estimate of drug-likeness (QED) is 0.302. The highest BCUT2D eigenvalue weighted by Gasteiger charge is 2.63. The molecule has 2 N–H and O–H groups in total. The van der Waals surface area contributed by atoms with Gasteiger partial charge in [0.25, 0.3) is 0 Å². The first kappa shape index (κ1) is 26.4. The standard InChI is InChI=1S/C31H52O3/c1-8-23-12-15-28(5)24(19-23)9-10-25-26(28)13-17-30(7)27(25)14-16-29(30,6)20(2)11-18-31(33,34)21(3)22(4)32/h9,20-21,23,25-27,33-34H,8,10-19H2,1-7H3/t20-,21?,23+,25-,26+,27+,28+,29-,30+/m1/s1. The highest BCUT2D eigenvalue weighted by atomic mass is 16.5. The van der Waals surface area contributed by atoms with Crippen molar-refractivity contribution in [2.45, 2.75) is 125 Å². The molecule has 0 aliphatic heterocycles. The summed E-state index contributed by atoms with van der Waals surface area (Å²) >= 11 is 0. The van der Waals surface area contributed by atoms with Crippen LogP contribution in [0.2, 0.25) is 0 Å². The molecule has 3 fully saturated rings. The lowest BCUT2D eigenvalue weighted by molar-refractivity contribution is -0.204. The summed E-state index contributed by atoms with van der Waals surface area (Å²) in [5, 5.41) is 21.2. The molecule has 4 aliphatic carbocycles. The molecule has 3 nitrogen and oxygen atoms in total. The summed E-state index contributed by atoms with van der Waals surface area (Å²) < 4.78 is 0.